The number of aliphatic hydroxyl groups is 1. The highest BCUT2D eigenvalue weighted by Gasteiger charge is 2.28. The number of halogens is 4. The molecule has 1 saturated carbocycles. The van der Waals surface area contributed by atoms with E-state index >= 15 is 0 Å². The average Bonchev–Trinajstić information content (AvgIpc) is 3.03. The van der Waals surface area contributed by atoms with Crippen LogP contribution in [0.15, 0.2) is 24.5 Å². The molecule has 2 aromatic heterocycles. The number of hydrogen-bond acceptors (Lipinski definition) is 4. The van der Waals surface area contributed by atoms with Crippen LogP contribution in [0.5, 0.6) is 0 Å². The predicted molar refractivity (Wildman–Crippen MR) is 97.6 cm³/mol. The molecule has 1 aliphatic carbocycles. The Bertz CT molecular complexity index is 757. The molecule has 2 aromatic rings. The number of pyridine rings is 1. The van der Waals surface area contributed by atoms with Gasteiger partial charge in [-0.2, -0.15) is 18.3 Å². The van der Waals surface area contributed by atoms with Crippen molar-refractivity contribution in [1.82, 2.24) is 14.8 Å². The van der Waals surface area contributed by atoms with Gasteiger partial charge in [-0.25, -0.2) is 4.98 Å². The first kappa shape index (κ1) is 19.9. The zero-order chi connectivity index (χ0) is 19.4. The molecule has 0 radical (unpaired) electrons. The van der Waals surface area contributed by atoms with Crippen molar-refractivity contribution in [3.05, 3.63) is 29.7 Å². The largest absolute Gasteiger partial charge is 0.408 e. The Morgan fingerprint density at radius 1 is 1.26 bits per heavy atom. The summed E-state index contributed by atoms with van der Waals surface area (Å²) in [5.74, 6) is 0.548. The molecule has 0 spiro atoms. The van der Waals surface area contributed by atoms with Crippen LogP contribution in [0.1, 0.15) is 32.1 Å². The van der Waals surface area contributed by atoms with Crippen LogP contribution in [0.3, 0.4) is 0 Å². The van der Waals surface area contributed by atoms with Gasteiger partial charge < -0.3 is 10.4 Å². The molecule has 148 valence electrons. The topological polar surface area (TPSA) is 63.0 Å². The van der Waals surface area contributed by atoms with Gasteiger partial charge in [-0.1, -0.05) is 11.6 Å². The minimum absolute atomic E-state index is 0.216. The molecule has 5 nitrogen and oxygen atoms in total. The summed E-state index contributed by atoms with van der Waals surface area (Å²) in [6.45, 7) is -0.918. The maximum absolute atomic E-state index is 12.6. The van der Waals surface area contributed by atoms with Crippen LogP contribution in [0.2, 0.25) is 5.15 Å². The van der Waals surface area contributed by atoms with E-state index in [4.69, 9.17) is 16.7 Å². The summed E-state index contributed by atoms with van der Waals surface area (Å²) in [6, 6.07) is 3.47. The number of hydrogen-bond donors (Lipinski definition) is 2. The number of anilines is 1. The number of rotatable bonds is 6. The maximum atomic E-state index is 12.6. The van der Waals surface area contributed by atoms with E-state index in [0.29, 0.717) is 22.3 Å². The monoisotopic (exact) mass is 402 g/mol. The Hall–Kier alpha value is -1.80. The fourth-order valence-corrected chi connectivity index (χ4v) is 3.69. The van der Waals surface area contributed by atoms with Crippen LogP contribution in [0, 0.1) is 5.92 Å². The van der Waals surface area contributed by atoms with E-state index < -0.39 is 12.7 Å². The first-order chi connectivity index (χ1) is 12.8. The van der Waals surface area contributed by atoms with Gasteiger partial charge in [0.2, 0.25) is 0 Å². The van der Waals surface area contributed by atoms with Gasteiger partial charge in [0.1, 0.15) is 11.7 Å². The van der Waals surface area contributed by atoms with Crippen LogP contribution < -0.4 is 5.32 Å². The second kappa shape index (κ2) is 8.48. The van der Waals surface area contributed by atoms with E-state index in [-0.39, 0.29) is 12.6 Å². The molecule has 3 rings (SSSR count). The van der Waals surface area contributed by atoms with E-state index in [2.05, 4.69) is 15.4 Å². The van der Waals surface area contributed by atoms with Gasteiger partial charge in [0.25, 0.3) is 0 Å². The summed E-state index contributed by atoms with van der Waals surface area (Å²) in [5.41, 5.74) is 1.76. The summed E-state index contributed by atoms with van der Waals surface area (Å²) < 4.78 is 38.6. The third kappa shape index (κ3) is 5.59. The van der Waals surface area contributed by atoms with Crippen molar-refractivity contribution >= 4 is 17.3 Å². The molecule has 27 heavy (non-hydrogen) atoms. The van der Waals surface area contributed by atoms with Crippen LogP contribution in [-0.2, 0) is 6.54 Å². The second-order valence-electron chi connectivity index (χ2n) is 6.94. The Morgan fingerprint density at radius 2 is 2.00 bits per heavy atom. The van der Waals surface area contributed by atoms with Crippen molar-refractivity contribution in [3.63, 3.8) is 0 Å². The van der Waals surface area contributed by atoms with Gasteiger partial charge in [-0.3, -0.25) is 4.68 Å². The quantitative estimate of drug-likeness (QED) is 0.697. The molecule has 0 saturated heterocycles. The van der Waals surface area contributed by atoms with E-state index in [0.717, 1.165) is 42.5 Å². The lowest BCUT2D eigenvalue weighted by Crippen LogP contribution is -2.26. The molecule has 0 atom stereocenters. The molecule has 0 aromatic carbocycles. The fourth-order valence-electron chi connectivity index (χ4n) is 3.53. The van der Waals surface area contributed by atoms with Crippen molar-refractivity contribution in [2.75, 3.05) is 11.9 Å². The number of aromatic nitrogens is 3. The zero-order valence-corrected chi connectivity index (χ0v) is 15.5. The highest BCUT2D eigenvalue weighted by molar-refractivity contribution is 6.29. The standard InChI is InChI=1S/C18H22ClF3N4O/c19-17-9-16(24-13-3-1-12(2-4-13)6-8-27)14(10-23-17)15-5-7-26(25-15)11-18(20,21)22/h5,7,9-10,12-13,27H,1-4,6,8,11H2,(H,23,24). The number of alkyl halides is 3. The molecule has 0 aliphatic heterocycles. The molecule has 1 aliphatic rings. The summed E-state index contributed by atoms with van der Waals surface area (Å²) in [4.78, 5) is 4.06. The fraction of sp³-hybridized carbons (Fsp3) is 0.556. The van der Waals surface area contributed by atoms with Crippen molar-refractivity contribution < 1.29 is 18.3 Å². The predicted octanol–water partition coefficient (Wildman–Crippen LogP) is 4.51. The second-order valence-corrected chi connectivity index (χ2v) is 7.33. The Kier molecular flexibility index (Phi) is 6.26. The van der Waals surface area contributed by atoms with Gasteiger partial charge >= 0.3 is 6.18 Å². The highest BCUT2D eigenvalue weighted by Crippen LogP contribution is 2.33. The summed E-state index contributed by atoms with van der Waals surface area (Å²) in [7, 11) is 0. The summed E-state index contributed by atoms with van der Waals surface area (Å²) >= 11 is 6.03. The normalized spacial score (nSPS) is 20.6. The first-order valence-corrected chi connectivity index (χ1v) is 9.35. The van der Waals surface area contributed by atoms with Crippen molar-refractivity contribution in [1.29, 1.82) is 0 Å². The van der Waals surface area contributed by atoms with Crippen LogP contribution in [-0.4, -0.2) is 38.7 Å². The molecular formula is C18H22ClF3N4O. The van der Waals surface area contributed by atoms with E-state index in [9.17, 15) is 13.2 Å². The third-order valence-corrected chi connectivity index (χ3v) is 5.08. The molecule has 0 bridgehead atoms. The average molecular weight is 403 g/mol. The Labute approximate surface area is 160 Å². The summed E-state index contributed by atoms with van der Waals surface area (Å²) in [6.07, 6.45) is 3.34. The highest BCUT2D eigenvalue weighted by atomic mass is 35.5. The first-order valence-electron chi connectivity index (χ1n) is 8.97. The molecule has 2 N–H and O–H groups in total. The van der Waals surface area contributed by atoms with Gasteiger partial charge in [0.05, 0.1) is 5.69 Å². The maximum Gasteiger partial charge on any atom is 0.408 e. The molecule has 9 heteroatoms. The lowest BCUT2D eigenvalue weighted by Gasteiger charge is -2.30. The van der Waals surface area contributed by atoms with Gasteiger partial charge in [0.15, 0.2) is 0 Å². The minimum atomic E-state index is -4.32. The van der Waals surface area contributed by atoms with E-state index in [1.165, 1.54) is 12.4 Å². The van der Waals surface area contributed by atoms with E-state index in [1.54, 1.807) is 12.1 Å². The minimum Gasteiger partial charge on any atom is -0.396 e. The third-order valence-electron chi connectivity index (χ3n) is 4.87. The van der Waals surface area contributed by atoms with Crippen LogP contribution in [0.25, 0.3) is 11.3 Å². The SMILES string of the molecule is OCCC1CCC(Nc2cc(Cl)ncc2-c2ccn(CC(F)(F)F)n2)CC1. The Balaban J connectivity index is 1.74. The lowest BCUT2D eigenvalue weighted by atomic mass is 9.84. The molecule has 0 unspecified atom stereocenters. The zero-order valence-electron chi connectivity index (χ0n) is 14.7. The van der Waals surface area contributed by atoms with E-state index in [1.807, 2.05) is 0 Å². The molecule has 0 amide bonds. The Morgan fingerprint density at radius 3 is 2.67 bits per heavy atom. The van der Waals surface area contributed by atoms with Crippen LogP contribution >= 0.6 is 11.6 Å². The number of nitrogens with zero attached hydrogens (tertiary/aromatic N) is 3. The van der Waals surface area contributed by atoms with Crippen molar-refractivity contribution in [3.8, 4) is 11.3 Å². The number of aliphatic hydroxyl groups excluding tert-OH is 1. The summed E-state index contributed by atoms with van der Waals surface area (Å²) in [5, 5.41) is 16.9. The van der Waals surface area contributed by atoms with Gasteiger partial charge in [-0.05, 0) is 50.2 Å². The lowest BCUT2D eigenvalue weighted by molar-refractivity contribution is -0.142. The van der Waals surface area contributed by atoms with Crippen LogP contribution in [0.4, 0.5) is 18.9 Å². The number of nitrogens with one attached hydrogen (secondary N) is 1. The van der Waals surface area contributed by atoms with Gasteiger partial charge in [-0.15, -0.1) is 0 Å². The molecule has 1 fully saturated rings. The smallest absolute Gasteiger partial charge is 0.396 e. The molecular weight excluding hydrogens is 381 g/mol. The van der Waals surface area contributed by atoms with Gasteiger partial charge in [0, 0.05) is 36.3 Å². The van der Waals surface area contributed by atoms with Crippen molar-refractivity contribution in [2.24, 2.45) is 5.92 Å². The van der Waals surface area contributed by atoms with Crippen molar-refractivity contribution in [2.45, 2.75) is 50.9 Å². The molecule has 2 heterocycles.